The molecule has 0 aliphatic carbocycles. The molecule has 0 fully saturated rings. The van der Waals surface area contributed by atoms with Gasteiger partial charge in [0.1, 0.15) is 11.2 Å². The molecule has 0 aliphatic rings. The Balaban J connectivity index is 1.09. The Morgan fingerprint density at radius 1 is 0.354 bits per heavy atom. The molecule has 11 rings (SSSR count). The molecule has 4 nitrogen and oxygen atoms in total. The summed E-state index contributed by atoms with van der Waals surface area (Å²) in [6.07, 6.45) is 0. The molecule has 0 unspecified atom stereocenters. The zero-order valence-corrected chi connectivity index (χ0v) is 39.1. The molecule has 0 atom stereocenters. The van der Waals surface area contributed by atoms with Crippen LogP contribution in [-0.4, -0.2) is 0 Å². The molecule has 0 N–H and O–H groups in total. The first kappa shape index (κ1) is 40.5. The highest BCUT2D eigenvalue weighted by Crippen LogP contribution is 2.47. The van der Waals surface area contributed by atoms with Gasteiger partial charge in [0.15, 0.2) is 11.2 Å². The van der Waals surface area contributed by atoms with Gasteiger partial charge in [-0.2, -0.15) is 0 Å². The Morgan fingerprint density at radius 3 is 1.18 bits per heavy atom. The van der Waals surface area contributed by atoms with Crippen molar-refractivity contribution < 1.29 is 8.83 Å². The monoisotopic (exact) mass is 846 g/mol. The minimum atomic E-state index is 0.263. The zero-order chi connectivity index (χ0) is 45.0. The number of fused-ring (bicyclic) bond motifs is 9. The highest BCUT2D eigenvalue weighted by Gasteiger charge is 2.24. The van der Waals surface area contributed by atoms with Gasteiger partial charge in [-0.05, 0) is 212 Å². The summed E-state index contributed by atoms with van der Waals surface area (Å²) in [7, 11) is 0. The maximum absolute atomic E-state index is 7.01. The predicted octanol–water partition coefficient (Wildman–Crippen LogP) is 18.3. The van der Waals surface area contributed by atoms with E-state index in [4.69, 9.17) is 8.83 Å². The molecular weight excluding hydrogens is 793 g/mol. The second-order valence-electron chi connectivity index (χ2n) is 19.0. The third-order valence-corrected chi connectivity index (χ3v) is 13.7. The SMILES string of the molecule is Cc1ccc(C)c(N(c2ccc3cc4c(cc3c2)oc2c4cc(C(C)C)c3c4cc5ccc(N(c6cc(C)ccc6C)c6cc(C)ccc6C)cc5cc4oc23)c2cc(C)ccc2C)c1. The third-order valence-electron chi connectivity index (χ3n) is 13.7. The van der Waals surface area contributed by atoms with Crippen LogP contribution in [0.5, 0.6) is 0 Å². The van der Waals surface area contributed by atoms with Crippen LogP contribution in [-0.2, 0) is 0 Å². The lowest BCUT2D eigenvalue weighted by molar-refractivity contribution is 0.633. The van der Waals surface area contributed by atoms with Gasteiger partial charge in [-0.15, -0.1) is 0 Å². The van der Waals surface area contributed by atoms with E-state index >= 15 is 0 Å². The summed E-state index contributed by atoms with van der Waals surface area (Å²) in [5, 5.41) is 9.00. The molecule has 0 saturated carbocycles. The minimum absolute atomic E-state index is 0.263. The number of benzene rings is 9. The van der Waals surface area contributed by atoms with Crippen LogP contribution in [0.4, 0.5) is 34.1 Å². The number of nitrogens with zero attached hydrogens (tertiary/aromatic N) is 2. The largest absolute Gasteiger partial charge is 0.452 e. The number of hydrogen-bond acceptors (Lipinski definition) is 4. The number of hydrogen-bond donors (Lipinski definition) is 0. The van der Waals surface area contributed by atoms with Crippen molar-refractivity contribution in [3.63, 3.8) is 0 Å². The van der Waals surface area contributed by atoms with Crippen LogP contribution in [0.15, 0.2) is 148 Å². The lowest BCUT2D eigenvalue weighted by Crippen LogP contribution is -2.13. The van der Waals surface area contributed by atoms with Crippen molar-refractivity contribution in [2.24, 2.45) is 0 Å². The first-order chi connectivity index (χ1) is 31.3. The molecular formula is C61H54N2O2. The fourth-order valence-electron chi connectivity index (χ4n) is 10.1. The zero-order valence-electron chi connectivity index (χ0n) is 39.1. The second kappa shape index (κ2) is 15.2. The first-order valence-electron chi connectivity index (χ1n) is 22.9. The van der Waals surface area contributed by atoms with E-state index in [1.54, 1.807) is 0 Å². The van der Waals surface area contributed by atoms with E-state index in [0.717, 1.165) is 66.0 Å². The van der Waals surface area contributed by atoms with E-state index in [1.807, 2.05) is 0 Å². The van der Waals surface area contributed by atoms with Gasteiger partial charge in [0.2, 0.25) is 0 Å². The molecule has 2 heterocycles. The summed E-state index contributed by atoms with van der Waals surface area (Å²) in [5.74, 6) is 0.263. The van der Waals surface area contributed by atoms with E-state index < -0.39 is 0 Å². The Kier molecular flexibility index (Phi) is 9.44. The summed E-state index contributed by atoms with van der Waals surface area (Å²) in [6.45, 7) is 22.0. The average molecular weight is 847 g/mol. The normalized spacial score (nSPS) is 12.0. The number of anilines is 6. The van der Waals surface area contributed by atoms with Crippen LogP contribution in [0.2, 0.25) is 0 Å². The summed E-state index contributed by atoms with van der Waals surface area (Å²) in [5.41, 5.74) is 21.3. The molecule has 320 valence electrons. The van der Waals surface area contributed by atoms with Crippen molar-refractivity contribution >= 4 is 99.5 Å². The Hall–Kier alpha value is -7.30. The summed E-state index contributed by atoms with van der Waals surface area (Å²) >= 11 is 0. The molecule has 0 spiro atoms. The number of furan rings is 2. The Morgan fingerprint density at radius 2 is 0.754 bits per heavy atom. The van der Waals surface area contributed by atoms with Crippen molar-refractivity contribution in [2.45, 2.75) is 75.2 Å². The van der Waals surface area contributed by atoms with Gasteiger partial charge in [-0.1, -0.05) is 74.5 Å². The molecule has 2 aromatic heterocycles. The van der Waals surface area contributed by atoms with Crippen LogP contribution in [0.1, 0.15) is 69.8 Å². The van der Waals surface area contributed by atoms with E-state index in [9.17, 15) is 0 Å². The number of aryl methyl sites for hydroxylation is 8. The Labute approximate surface area is 381 Å². The smallest absolute Gasteiger partial charge is 0.178 e. The molecule has 9 aromatic carbocycles. The summed E-state index contributed by atoms with van der Waals surface area (Å²) in [6, 6.07) is 51.9. The second-order valence-corrected chi connectivity index (χ2v) is 19.0. The van der Waals surface area contributed by atoms with Gasteiger partial charge in [0.25, 0.3) is 0 Å². The molecule has 65 heavy (non-hydrogen) atoms. The summed E-state index contributed by atoms with van der Waals surface area (Å²) < 4.78 is 14.0. The molecule has 0 aliphatic heterocycles. The predicted molar refractivity (Wildman–Crippen MR) is 277 cm³/mol. The van der Waals surface area contributed by atoms with E-state index in [0.29, 0.717) is 0 Å². The van der Waals surface area contributed by atoms with Crippen LogP contribution < -0.4 is 9.80 Å². The van der Waals surface area contributed by atoms with Crippen molar-refractivity contribution in [3.05, 3.63) is 190 Å². The first-order valence-corrected chi connectivity index (χ1v) is 22.9. The van der Waals surface area contributed by atoms with Gasteiger partial charge in [-0.3, -0.25) is 0 Å². The van der Waals surface area contributed by atoms with Gasteiger partial charge < -0.3 is 18.6 Å². The standard InChI is InChI=1S/C61H54N2O2/c1-34(2)49-33-51-50-29-43-19-21-47(62(53-23-35(3)11-15-39(53)7)54-24-36(4)12-16-40(54)8)27-45(43)31-57(50)64-60(51)61-59(49)52-30-44-20-22-48(28-46(44)32-58(52)65-61)63(55-25-37(5)13-17-41(55)9)56-26-38(6)14-18-42(56)10/h11-34H,1-10H3. The maximum atomic E-state index is 7.01. The highest BCUT2D eigenvalue weighted by atomic mass is 16.4. The van der Waals surface area contributed by atoms with E-state index in [2.05, 4.69) is 219 Å². The fourth-order valence-corrected chi connectivity index (χ4v) is 10.1. The topological polar surface area (TPSA) is 32.8 Å². The van der Waals surface area contributed by atoms with E-state index in [-0.39, 0.29) is 5.92 Å². The van der Waals surface area contributed by atoms with Crippen molar-refractivity contribution in [2.75, 3.05) is 9.80 Å². The molecule has 0 radical (unpaired) electrons. The van der Waals surface area contributed by atoms with Crippen LogP contribution in [0, 0.1) is 55.4 Å². The van der Waals surface area contributed by atoms with Gasteiger partial charge >= 0.3 is 0 Å². The van der Waals surface area contributed by atoms with Crippen LogP contribution in [0.25, 0.3) is 65.4 Å². The van der Waals surface area contributed by atoms with Crippen molar-refractivity contribution in [3.8, 4) is 0 Å². The lowest BCUT2D eigenvalue weighted by atomic mass is 9.94. The van der Waals surface area contributed by atoms with Gasteiger partial charge in [0.05, 0.1) is 0 Å². The summed E-state index contributed by atoms with van der Waals surface area (Å²) in [4.78, 5) is 4.83. The van der Waals surface area contributed by atoms with Crippen LogP contribution >= 0.6 is 0 Å². The Bertz CT molecular complexity index is 3650. The molecule has 0 amide bonds. The van der Waals surface area contributed by atoms with Crippen molar-refractivity contribution in [1.29, 1.82) is 0 Å². The van der Waals surface area contributed by atoms with Crippen LogP contribution in [0.3, 0.4) is 0 Å². The molecule has 0 bridgehead atoms. The highest BCUT2D eigenvalue weighted by molar-refractivity contribution is 6.23. The van der Waals surface area contributed by atoms with Crippen molar-refractivity contribution in [1.82, 2.24) is 0 Å². The lowest BCUT2D eigenvalue weighted by Gasteiger charge is -2.29. The third kappa shape index (κ3) is 6.74. The maximum Gasteiger partial charge on any atom is 0.178 e. The number of rotatable bonds is 7. The molecule has 11 aromatic rings. The molecule has 4 heteroatoms. The van der Waals surface area contributed by atoms with E-state index in [1.165, 1.54) is 83.6 Å². The average Bonchev–Trinajstić information content (AvgIpc) is 3.84. The quantitative estimate of drug-likeness (QED) is 0.160. The molecule has 0 saturated heterocycles. The minimum Gasteiger partial charge on any atom is -0.452 e. The van der Waals surface area contributed by atoms with Gasteiger partial charge in [0, 0.05) is 55.7 Å². The van der Waals surface area contributed by atoms with Gasteiger partial charge in [-0.25, -0.2) is 0 Å². The fraction of sp³-hybridized carbons (Fsp3) is 0.180.